The normalized spacial score (nSPS) is 25.9. The summed E-state index contributed by atoms with van der Waals surface area (Å²) in [4.78, 5) is 16.8. The zero-order valence-electron chi connectivity index (χ0n) is 14.8. The lowest BCUT2D eigenvalue weighted by atomic mass is 9.73. The first-order chi connectivity index (χ1) is 13.5. The van der Waals surface area contributed by atoms with Crippen LogP contribution in [-0.2, 0) is 4.74 Å². The van der Waals surface area contributed by atoms with Gasteiger partial charge < -0.3 is 10.1 Å². The fourth-order valence-corrected chi connectivity index (χ4v) is 4.55. The number of carbonyl (C=O) groups excluding carboxylic acids is 1. The molecule has 4 nitrogen and oxygen atoms in total. The number of ketones is 1. The van der Waals surface area contributed by atoms with Crippen molar-refractivity contribution in [3.8, 4) is 0 Å². The Kier molecular flexibility index (Phi) is 4.01. The van der Waals surface area contributed by atoms with E-state index in [-0.39, 0.29) is 29.9 Å². The lowest BCUT2D eigenvalue weighted by Gasteiger charge is -2.40. The van der Waals surface area contributed by atoms with Crippen LogP contribution in [0.5, 0.6) is 0 Å². The lowest BCUT2D eigenvalue weighted by Crippen LogP contribution is -2.45. The molecule has 0 aromatic heterocycles. The smallest absolute Gasteiger partial charge is 0.185 e. The van der Waals surface area contributed by atoms with E-state index in [1.807, 2.05) is 0 Å². The molecule has 3 aliphatic rings. The minimum Gasteiger partial charge on any atom is -0.381 e. The molecule has 0 spiro atoms. The van der Waals surface area contributed by atoms with Gasteiger partial charge >= 0.3 is 0 Å². The van der Waals surface area contributed by atoms with Crippen molar-refractivity contribution in [1.82, 2.24) is 0 Å². The second kappa shape index (κ2) is 6.44. The Labute approximate surface area is 159 Å². The van der Waals surface area contributed by atoms with E-state index in [9.17, 15) is 18.0 Å². The van der Waals surface area contributed by atoms with Crippen LogP contribution >= 0.6 is 0 Å². The summed E-state index contributed by atoms with van der Waals surface area (Å²) in [6, 6.07) is 5.73. The van der Waals surface area contributed by atoms with Crippen LogP contribution in [0.4, 0.5) is 18.9 Å². The van der Waals surface area contributed by atoms with Crippen LogP contribution in [0.1, 0.15) is 33.8 Å². The second-order valence-electron chi connectivity index (χ2n) is 7.44. The largest absolute Gasteiger partial charge is 0.381 e. The third-order valence-electron chi connectivity index (χ3n) is 5.80. The average Bonchev–Trinajstić information content (AvgIpc) is 3.19. The van der Waals surface area contributed by atoms with Crippen LogP contribution in [0.15, 0.2) is 35.3 Å². The molecule has 0 saturated carbocycles. The number of aliphatic imine (C=N–C) groups is 1. The maximum absolute atomic E-state index is 14.8. The van der Waals surface area contributed by atoms with Crippen LogP contribution in [0, 0.1) is 23.4 Å². The molecule has 0 amide bonds. The topological polar surface area (TPSA) is 50.7 Å². The molecule has 3 heterocycles. The number of nitrogens with zero attached hydrogens (tertiary/aromatic N) is 1. The third kappa shape index (κ3) is 2.64. The average molecular weight is 386 g/mol. The van der Waals surface area contributed by atoms with Gasteiger partial charge in [0.05, 0.1) is 12.3 Å². The highest BCUT2D eigenvalue weighted by molar-refractivity contribution is 6.21. The van der Waals surface area contributed by atoms with Gasteiger partial charge in [0.1, 0.15) is 24.0 Å². The van der Waals surface area contributed by atoms with Gasteiger partial charge in [-0.25, -0.2) is 13.2 Å². The fraction of sp³-hybridized carbons (Fsp3) is 0.333. The molecule has 28 heavy (non-hydrogen) atoms. The minimum absolute atomic E-state index is 0.0506. The molecule has 1 fully saturated rings. The first-order valence-electron chi connectivity index (χ1n) is 9.23. The molecule has 0 radical (unpaired) electrons. The van der Waals surface area contributed by atoms with Crippen LogP contribution in [0.2, 0.25) is 0 Å². The predicted octanol–water partition coefficient (Wildman–Crippen LogP) is 3.70. The molecule has 3 atom stereocenters. The molecular formula is C21H17F3N2O2. The van der Waals surface area contributed by atoms with E-state index < -0.39 is 23.4 Å². The van der Waals surface area contributed by atoms with Gasteiger partial charge in [0.15, 0.2) is 5.78 Å². The van der Waals surface area contributed by atoms with Gasteiger partial charge in [-0.2, -0.15) is 0 Å². The molecule has 2 aromatic rings. The number of nitrogens with one attached hydrogen (secondary N) is 1. The van der Waals surface area contributed by atoms with E-state index in [2.05, 4.69) is 10.3 Å². The summed E-state index contributed by atoms with van der Waals surface area (Å²) < 4.78 is 47.9. The van der Waals surface area contributed by atoms with E-state index in [4.69, 9.17) is 4.74 Å². The van der Waals surface area contributed by atoms with E-state index in [1.54, 1.807) is 0 Å². The summed E-state index contributed by atoms with van der Waals surface area (Å²) in [5.74, 6) is -2.59. The summed E-state index contributed by atoms with van der Waals surface area (Å²) in [5.41, 5.74) is 2.10. The van der Waals surface area contributed by atoms with Crippen molar-refractivity contribution < 1.29 is 22.7 Å². The van der Waals surface area contributed by atoms with E-state index in [1.165, 1.54) is 24.3 Å². The second-order valence-corrected chi connectivity index (χ2v) is 7.44. The number of hydrogen-bond donors (Lipinski definition) is 1. The molecule has 0 bridgehead atoms. The van der Waals surface area contributed by atoms with Crippen LogP contribution in [-0.4, -0.2) is 37.3 Å². The highest BCUT2D eigenvalue weighted by Gasteiger charge is 2.44. The standard InChI is InChI=1S/C21H17F3N2O2/c22-11-1-2-13(15(24)6-11)19-20(10-3-4-28-9-10)26-16-7-12(23)5-14-17(27)8-25-21(19)18(14)16/h1-2,5-7,10,19-20,26H,3-4,8-9H2/t10-,19-,20-/m0/s1. The van der Waals surface area contributed by atoms with Crippen molar-refractivity contribution in [2.75, 3.05) is 25.1 Å². The van der Waals surface area contributed by atoms with Gasteiger partial charge in [0.2, 0.25) is 0 Å². The van der Waals surface area contributed by atoms with Gasteiger partial charge in [-0.3, -0.25) is 9.79 Å². The Hall–Kier alpha value is -2.67. The Bertz CT molecular complexity index is 1010. The summed E-state index contributed by atoms with van der Waals surface area (Å²) in [6.07, 6.45) is 0.765. The Balaban J connectivity index is 1.72. The number of rotatable bonds is 2. The zero-order chi connectivity index (χ0) is 19.4. The maximum Gasteiger partial charge on any atom is 0.185 e. The molecule has 7 heteroatoms. The van der Waals surface area contributed by atoms with Crippen molar-refractivity contribution in [3.05, 3.63) is 64.5 Å². The quantitative estimate of drug-likeness (QED) is 0.856. The number of Topliss-reactive ketones (excluding diaryl/α,β-unsaturated/α-hetero) is 1. The van der Waals surface area contributed by atoms with Crippen molar-refractivity contribution in [2.45, 2.75) is 18.4 Å². The number of ether oxygens (including phenoxy) is 1. The number of benzene rings is 2. The fourth-order valence-electron chi connectivity index (χ4n) is 4.55. The third-order valence-corrected chi connectivity index (χ3v) is 5.80. The van der Waals surface area contributed by atoms with Crippen molar-refractivity contribution in [1.29, 1.82) is 0 Å². The number of carbonyl (C=O) groups is 1. The summed E-state index contributed by atoms with van der Waals surface area (Å²) in [5, 5.41) is 3.32. The lowest BCUT2D eigenvalue weighted by molar-refractivity contribution is 0.0999. The van der Waals surface area contributed by atoms with Crippen molar-refractivity contribution >= 4 is 17.2 Å². The maximum atomic E-state index is 14.8. The number of hydrogen-bond acceptors (Lipinski definition) is 4. The van der Waals surface area contributed by atoms with Gasteiger partial charge in [0.25, 0.3) is 0 Å². The minimum atomic E-state index is -0.664. The first-order valence-corrected chi connectivity index (χ1v) is 9.23. The number of halogens is 3. The molecule has 0 aliphatic carbocycles. The van der Waals surface area contributed by atoms with Crippen LogP contribution in [0.25, 0.3) is 0 Å². The van der Waals surface area contributed by atoms with E-state index in [0.29, 0.717) is 35.7 Å². The molecule has 144 valence electrons. The molecule has 5 rings (SSSR count). The van der Waals surface area contributed by atoms with E-state index in [0.717, 1.165) is 12.5 Å². The van der Waals surface area contributed by atoms with Gasteiger partial charge in [-0.15, -0.1) is 0 Å². The van der Waals surface area contributed by atoms with Crippen LogP contribution in [0.3, 0.4) is 0 Å². The van der Waals surface area contributed by atoms with Gasteiger partial charge in [-0.1, -0.05) is 6.07 Å². The summed E-state index contributed by atoms with van der Waals surface area (Å²) in [6.45, 7) is 0.965. The summed E-state index contributed by atoms with van der Waals surface area (Å²) >= 11 is 0. The summed E-state index contributed by atoms with van der Waals surface area (Å²) in [7, 11) is 0. The molecule has 0 unspecified atom stereocenters. The highest BCUT2D eigenvalue weighted by atomic mass is 19.1. The first kappa shape index (κ1) is 17.4. The molecule has 2 aromatic carbocycles. The monoisotopic (exact) mass is 386 g/mol. The van der Waals surface area contributed by atoms with E-state index >= 15 is 0 Å². The zero-order valence-corrected chi connectivity index (χ0v) is 14.8. The van der Waals surface area contributed by atoms with Crippen molar-refractivity contribution in [2.24, 2.45) is 10.9 Å². The Morgan fingerprint density at radius 2 is 1.96 bits per heavy atom. The highest BCUT2D eigenvalue weighted by Crippen LogP contribution is 2.43. The van der Waals surface area contributed by atoms with Crippen molar-refractivity contribution in [3.63, 3.8) is 0 Å². The molecule has 1 saturated heterocycles. The van der Waals surface area contributed by atoms with Crippen LogP contribution < -0.4 is 5.32 Å². The van der Waals surface area contributed by atoms with Gasteiger partial charge in [-0.05, 0) is 30.2 Å². The SMILES string of the molecule is O=C1CN=C2c3c(cc(F)cc31)N[C@@H]([C@H]1CCOC1)[C@@H]2c1ccc(F)cc1F. The predicted molar refractivity (Wildman–Crippen MR) is 97.6 cm³/mol. The Morgan fingerprint density at radius 3 is 2.71 bits per heavy atom. The Morgan fingerprint density at radius 1 is 1.11 bits per heavy atom. The number of anilines is 1. The molecular weight excluding hydrogens is 369 g/mol. The molecule has 3 aliphatic heterocycles. The molecule has 1 N–H and O–H groups in total. The van der Waals surface area contributed by atoms with Gasteiger partial charge in [0, 0.05) is 47.4 Å².